The second kappa shape index (κ2) is 8.94. The van der Waals surface area contributed by atoms with Gasteiger partial charge in [-0.3, -0.25) is 19.7 Å². The minimum absolute atomic E-state index is 0.146. The van der Waals surface area contributed by atoms with Crippen molar-refractivity contribution in [1.82, 2.24) is 14.8 Å². The first kappa shape index (κ1) is 21.1. The van der Waals surface area contributed by atoms with Crippen molar-refractivity contribution >= 4 is 34.0 Å². The molecule has 0 saturated heterocycles. The molecule has 4 rings (SSSR count). The topological polar surface area (TPSA) is 106 Å². The fraction of sp³-hybridized carbons (Fsp3) is 0.0870. The Balaban J connectivity index is 1.55. The van der Waals surface area contributed by atoms with Gasteiger partial charge in [0.05, 0.1) is 11.4 Å². The maximum atomic E-state index is 12.8. The minimum atomic E-state index is -0.624. The average Bonchev–Trinajstić information content (AvgIpc) is 3.23. The van der Waals surface area contributed by atoms with E-state index in [0.29, 0.717) is 22.2 Å². The molecule has 0 aliphatic carbocycles. The number of nitrogens with one attached hydrogen (secondary N) is 2. The predicted molar refractivity (Wildman–Crippen MR) is 124 cm³/mol. The SMILES string of the molecule is CC(=O)Nc1ccc(-c2csc(NC(=O)c3nn(-c4ccccc4)c(C)cc3=O)n2)cc1. The Hall–Kier alpha value is -4.11. The lowest BCUT2D eigenvalue weighted by Gasteiger charge is -2.10. The number of hydrogen-bond donors (Lipinski definition) is 2. The summed E-state index contributed by atoms with van der Waals surface area (Å²) in [5, 5.41) is 11.8. The van der Waals surface area contributed by atoms with Crippen molar-refractivity contribution < 1.29 is 9.59 Å². The molecule has 0 radical (unpaired) electrons. The predicted octanol–water partition coefficient (Wildman–Crippen LogP) is 3.88. The number of carbonyl (C=O) groups excluding carboxylic acids is 2. The Morgan fingerprint density at radius 3 is 2.41 bits per heavy atom. The zero-order chi connectivity index (χ0) is 22.7. The van der Waals surface area contributed by atoms with Crippen molar-refractivity contribution in [3.63, 3.8) is 0 Å². The third kappa shape index (κ3) is 4.62. The van der Waals surface area contributed by atoms with Crippen LogP contribution in [0.4, 0.5) is 10.8 Å². The Labute approximate surface area is 187 Å². The van der Waals surface area contributed by atoms with E-state index in [1.54, 1.807) is 29.1 Å². The molecule has 2 N–H and O–H groups in total. The number of anilines is 2. The highest BCUT2D eigenvalue weighted by Gasteiger charge is 2.17. The highest BCUT2D eigenvalue weighted by Crippen LogP contribution is 2.26. The van der Waals surface area contributed by atoms with Gasteiger partial charge < -0.3 is 5.32 Å². The van der Waals surface area contributed by atoms with Gasteiger partial charge in [0, 0.05) is 35.3 Å². The second-order valence-corrected chi connectivity index (χ2v) is 7.85. The van der Waals surface area contributed by atoms with E-state index >= 15 is 0 Å². The lowest BCUT2D eigenvalue weighted by atomic mass is 10.1. The molecule has 2 amide bonds. The zero-order valence-corrected chi connectivity index (χ0v) is 18.1. The van der Waals surface area contributed by atoms with E-state index in [4.69, 9.17) is 0 Å². The molecular formula is C23H19N5O3S. The summed E-state index contributed by atoms with van der Waals surface area (Å²) in [7, 11) is 0. The van der Waals surface area contributed by atoms with E-state index in [9.17, 15) is 14.4 Å². The third-order valence-corrected chi connectivity index (χ3v) is 5.31. The number of rotatable bonds is 5. The molecule has 0 fully saturated rings. The van der Waals surface area contributed by atoms with E-state index in [-0.39, 0.29) is 11.6 Å². The summed E-state index contributed by atoms with van der Waals surface area (Å²) in [5.74, 6) is -0.769. The van der Waals surface area contributed by atoms with Crippen LogP contribution in [-0.2, 0) is 4.79 Å². The van der Waals surface area contributed by atoms with Crippen molar-refractivity contribution in [2.24, 2.45) is 0 Å². The maximum absolute atomic E-state index is 12.8. The van der Waals surface area contributed by atoms with Crippen LogP contribution in [0.1, 0.15) is 23.1 Å². The van der Waals surface area contributed by atoms with Crippen molar-refractivity contribution in [3.05, 3.63) is 87.7 Å². The highest BCUT2D eigenvalue weighted by molar-refractivity contribution is 7.14. The molecule has 0 aliphatic rings. The van der Waals surface area contributed by atoms with Gasteiger partial charge in [-0.1, -0.05) is 30.3 Å². The molecule has 32 heavy (non-hydrogen) atoms. The van der Waals surface area contributed by atoms with Gasteiger partial charge in [0.25, 0.3) is 5.91 Å². The molecular weight excluding hydrogens is 426 g/mol. The molecule has 0 bridgehead atoms. The number of para-hydroxylation sites is 1. The third-order valence-electron chi connectivity index (χ3n) is 4.55. The number of carbonyl (C=O) groups is 2. The molecule has 0 saturated carbocycles. The first-order valence-corrected chi connectivity index (χ1v) is 10.6. The Kier molecular flexibility index (Phi) is 5.91. The van der Waals surface area contributed by atoms with Crippen molar-refractivity contribution in [3.8, 4) is 16.9 Å². The van der Waals surface area contributed by atoms with Crippen LogP contribution in [0.25, 0.3) is 16.9 Å². The number of amides is 2. The monoisotopic (exact) mass is 445 g/mol. The molecule has 2 aromatic heterocycles. The van der Waals surface area contributed by atoms with Crippen LogP contribution < -0.4 is 16.1 Å². The van der Waals surface area contributed by atoms with Gasteiger partial charge in [-0.25, -0.2) is 9.67 Å². The van der Waals surface area contributed by atoms with Crippen LogP contribution in [-0.4, -0.2) is 26.6 Å². The summed E-state index contributed by atoms with van der Waals surface area (Å²) in [6.07, 6.45) is 0. The van der Waals surface area contributed by atoms with Crippen molar-refractivity contribution in [1.29, 1.82) is 0 Å². The van der Waals surface area contributed by atoms with Crippen LogP contribution in [0, 0.1) is 6.92 Å². The zero-order valence-electron chi connectivity index (χ0n) is 17.3. The summed E-state index contributed by atoms with van der Waals surface area (Å²) in [6, 6.07) is 17.9. The lowest BCUT2D eigenvalue weighted by molar-refractivity contribution is -0.114. The van der Waals surface area contributed by atoms with Gasteiger partial charge in [-0.05, 0) is 31.2 Å². The quantitative estimate of drug-likeness (QED) is 0.485. The standard InChI is InChI=1S/C23H19N5O3S/c1-14-12-20(30)21(27-28(14)18-6-4-3-5-7-18)22(31)26-23-25-19(13-32-23)16-8-10-17(11-9-16)24-15(2)29/h3-13H,1-2H3,(H,24,29)(H,25,26,31). The van der Waals surface area contributed by atoms with Crippen molar-refractivity contribution in [2.45, 2.75) is 13.8 Å². The fourth-order valence-electron chi connectivity index (χ4n) is 3.08. The number of aryl methyl sites for hydroxylation is 1. The number of thiazole rings is 1. The Bertz CT molecular complexity index is 1340. The molecule has 0 unspecified atom stereocenters. The molecule has 0 aliphatic heterocycles. The molecule has 8 nitrogen and oxygen atoms in total. The summed E-state index contributed by atoms with van der Waals surface area (Å²) in [6.45, 7) is 3.20. The molecule has 160 valence electrons. The minimum Gasteiger partial charge on any atom is -0.326 e. The number of aromatic nitrogens is 3. The first-order chi connectivity index (χ1) is 15.4. The Morgan fingerprint density at radius 1 is 1.00 bits per heavy atom. The summed E-state index contributed by atoms with van der Waals surface area (Å²) in [5.41, 5.74) is 2.88. The van der Waals surface area contributed by atoms with Gasteiger partial charge in [-0.15, -0.1) is 11.3 Å². The van der Waals surface area contributed by atoms with E-state index in [2.05, 4.69) is 20.7 Å². The highest BCUT2D eigenvalue weighted by atomic mass is 32.1. The van der Waals surface area contributed by atoms with Crippen LogP contribution in [0.15, 0.2) is 70.8 Å². The van der Waals surface area contributed by atoms with Gasteiger partial charge in [0.1, 0.15) is 0 Å². The van der Waals surface area contributed by atoms with E-state index < -0.39 is 11.3 Å². The molecule has 4 aromatic rings. The fourth-order valence-corrected chi connectivity index (χ4v) is 3.80. The van der Waals surface area contributed by atoms with E-state index in [0.717, 1.165) is 11.3 Å². The summed E-state index contributed by atoms with van der Waals surface area (Å²) >= 11 is 1.24. The van der Waals surface area contributed by atoms with Crippen LogP contribution in [0.3, 0.4) is 0 Å². The molecule has 0 atom stereocenters. The number of hydrogen-bond acceptors (Lipinski definition) is 6. The van der Waals surface area contributed by atoms with Crippen LogP contribution >= 0.6 is 11.3 Å². The smallest absolute Gasteiger partial charge is 0.281 e. The Morgan fingerprint density at radius 2 is 1.72 bits per heavy atom. The lowest BCUT2D eigenvalue weighted by Crippen LogP contribution is -2.26. The van der Waals surface area contributed by atoms with Crippen LogP contribution in [0.2, 0.25) is 0 Å². The summed E-state index contributed by atoms with van der Waals surface area (Å²) < 4.78 is 1.56. The first-order valence-electron chi connectivity index (χ1n) is 9.72. The number of benzene rings is 2. The van der Waals surface area contributed by atoms with Crippen molar-refractivity contribution in [2.75, 3.05) is 10.6 Å². The van der Waals surface area contributed by atoms with E-state index in [1.807, 2.05) is 42.5 Å². The second-order valence-electron chi connectivity index (χ2n) is 7.00. The maximum Gasteiger partial charge on any atom is 0.281 e. The van der Waals surface area contributed by atoms with Gasteiger partial charge >= 0.3 is 0 Å². The average molecular weight is 446 g/mol. The van der Waals surface area contributed by atoms with E-state index in [1.165, 1.54) is 24.3 Å². The molecule has 9 heteroatoms. The summed E-state index contributed by atoms with van der Waals surface area (Å²) in [4.78, 5) is 40.7. The normalized spacial score (nSPS) is 10.6. The molecule has 2 heterocycles. The molecule has 2 aromatic carbocycles. The number of nitrogens with zero attached hydrogens (tertiary/aromatic N) is 3. The molecule has 0 spiro atoms. The van der Waals surface area contributed by atoms with Gasteiger partial charge in [0.15, 0.2) is 10.8 Å². The largest absolute Gasteiger partial charge is 0.326 e. The van der Waals surface area contributed by atoms with Crippen LogP contribution in [0.5, 0.6) is 0 Å². The van der Waals surface area contributed by atoms with Gasteiger partial charge in [-0.2, -0.15) is 5.10 Å². The van der Waals surface area contributed by atoms with Gasteiger partial charge in [0.2, 0.25) is 11.3 Å².